The molecule has 3 rings (SSSR count). The van der Waals surface area contributed by atoms with Crippen LogP contribution in [-0.4, -0.2) is 33.9 Å². The summed E-state index contributed by atoms with van der Waals surface area (Å²) in [6.45, 7) is 4.20. The molecule has 0 atom stereocenters. The number of allylic oxidation sites excluding steroid dienone is 1. The van der Waals surface area contributed by atoms with Gasteiger partial charge < -0.3 is 15.0 Å². The van der Waals surface area contributed by atoms with Crippen molar-refractivity contribution in [3.8, 4) is 0 Å². The molecule has 3 aromatic rings. The predicted octanol–water partition coefficient (Wildman–Crippen LogP) is 4.51. The van der Waals surface area contributed by atoms with Crippen molar-refractivity contribution in [1.29, 1.82) is 0 Å². The van der Waals surface area contributed by atoms with E-state index in [9.17, 15) is 14.4 Å². The number of carbonyl (C=O) groups is 3. The number of amides is 1. The van der Waals surface area contributed by atoms with Crippen LogP contribution in [0, 0.1) is 6.92 Å². The number of ketones is 1. The van der Waals surface area contributed by atoms with Gasteiger partial charge in [-0.15, -0.1) is 0 Å². The van der Waals surface area contributed by atoms with Gasteiger partial charge in [0, 0.05) is 35.6 Å². The molecule has 0 saturated heterocycles. The lowest BCUT2D eigenvalue weighted by Gasteiger charge is -2.08. The summed E-state index contributed by atoms with van der Waals surface area (Å²) in [5.74, 6) is -1.50. The van der Waals surface area contributed by atoms with Gasteiger partial charge in [-0.2, -0.15) is 0 Å². The van der Waals surface area contributed by atoms with E-state index in [4.69, 9.17) is 5.11 Å². The second kappa shape index (κ2) is 11.1. The lowest BCUT2D eigenvalue weighted by molar-refractivity contribution is -0.135. The van der Waals surface area contributed by atoms with Crippen molar-refractivity contribution in [2.45, 2.75) is 33.2 Å². The van der Waals surface area contributed by atoms with E-state index >= 15 is 0 Å². The first-order chi connectivity index (χ1) is 15.9. The minimum atomic E-state index is -1.08. The molecule has 0 spiro atoms. The summed E-state index contributed by atoms with van der Waals surface area (Å²) < 4.78 is 1.92. The molecule has 0 radical (unpaired) electrons. The van der Waals surface area contributed by atoms with Gasteiger partial charge in [0.2, 0.25) is 0 Å². The topological polar surface area (TPSA) is 88.4 Å². The van der Waals surface area contributed by atoms with Crippen LogP contribution in [0.3, 0.4) is 0 Å². The van der Waals surface area contributed by atoms with Gasteiger partial charge in [-0.3, -0.25) is 14.4 Å². The Kier molecular flexibility index (Phi) is 7.97. The van der Waals surface area contributed by atoms with Crippen molar-refractivity contribution in [2.24, 2.45) is 0 Å². The fraction of sp³-hybridized carbons (Fsp3) is 0.222. The van der Waals surface area contributed by atoms with Crippen LogP contribution in [0.4, 0.5) is 0 Å². The Hall–Kier alpha value is -3.93. The molecule has 0 bridgehead atoms. The highest BCUT2D eigenvalue weighted by molar-refractivity contribution is 6.08. The van der Waals surface area contributed by atoms with E-state index < -0.39 is 18.4 Å². The zero-order chi connectivity index (χ0) is 23.8. The molecule has 1 heterocycles. The second-order valence-electron chi connectivity index (χ2n) is 7.98. The van der Waals surface area contributed by atoms with Gasteiger partial charge in [0.15, 0.2) is 5.78 Å². The molecule has 0 aliphatic heterocycles. The van der Waals surface area contributed by atoms with Crippen LogP contribution in [0.1, 0.15) is 56.3 Å². The summed E-state index contributed by atoms with van der Waals surface area (Å²) in [5.41, 5.74) is 4.73. The average Bonchev–Trinajstić information content (AvgIpc) is 3.26. The van der Waals surface area contributed by atoms with Crippen LogP contribution in [0.15, 0.2) is 67.0 Å². The summed E-state index contributed by atoms with van der Waals surface area (Å²) in [5, 5.41) is 11.2. The first-order valence-corrected chi connectivity index (χ1v) is 10.9. The highest BCUT2D eigenvalue weighted by Crippen LogP contribution is 2.15. The first kappa shape index (κ1) is 23.7. The Morgan fingerprint density at radius 1 is 1.00 bits per heavy atom. The van der Waals surface area contributed by atoms with E-state index in [-0.39, 0.29) is 5.78 Å². The Balaban J connectivity index is 1.70. The SMILES string of the molecule is CCCc1cc(/C=C/Cn2ccc(C(=O)c3ccc(C)cc3)c2)cc(C(=O)NCC(=O)O)c1. The Labute approximate surface area is 193 Å². The van der Waals surface area contributed by atoms with Crippen molar-refractivity contribution < 1.29 is 19.5 Å². The minimum absolute atomic E-state index is 0.0120. The number of aliphatic carboxylic acids is 1. The Bertz CT molecular complexity index is 1170. The highest BCUT2D eigenvalue weighted by atomic mass is 16.4. The maximum absolute atomic E-state index is 12.7. The van der Waals surface area contributed by atoms with Gasteiger partial charge in [0.05, 0.1) is 0 Å². The molecule has 33 heavy (non-hydrogen) atoms. The molecule has 1 aromatic heterocycles. The third-order valence-electron chi connectivity index (χ3n) is 5.17. The fourth-order valence-corrected chi connectivity index (χ4v) is 3.51. The summed E-state index contributed by atoms with van der Waals surface area (Å²) in [6.07, 6.45) is 9.33. The molecule has 0 aliphatic carbocycles. The second-order valence-corrected chi connectivity index (χ2v) is 7.98. The predicted molar refractivity (Wildman–Crippen MR) is 128 cm³/mol. The van der Waals surface area contributed by atoms with Crippen LogP contribution in [0.5, 0.6) is 0 Å². The number of carbonyl (C=O) groups excluding carboxylic acids is 2. The lowest BCUT2D eigenvalue weighted by atomic mass is 10.0. The van der Waals surface area contributed by atoms with Crippen LogP contribution < -0.4 is 5.32 Å². The summed E-state index contributed by atoms with van der Waals surface area (Å²) in [6, 6.07) is 14.9. The number of benzene rings is 2. The zero-order valence-electron chi connectivity index (χ0n) is 18.9. The van der Waals surface area contributed by atoms with Gasteiger partial charge in [-0.05, 0) is 42.7 Å². The van der Waals surface area contributed by atoms with E-state index in [1.807, 2.05) is 72.4 Å². The molecule has 0 aliphatic rings. The molecular weight excluding hydrogens is 416 g/mol. The third kappa shape index (κ3) is 6.77. The van der Waals surface area contributed by atoms with Gasteiger partial charge in [0.1, 0.15) is 6.54 Å². The van der Waals surface area contributed by atoms with Crippen LogP contribution in [0.25, 0.3) is 6.08 Å². The smallest absolute Gasteiger partial charge is 0.322 e. The summed E-state index contributed by atoms with van der Waals surface area (Å²) >= 11 is 0. The largest absolute Gasteiger partial charge is 0.480 e. The zero-order valence-corrected chi connectivity index (χ0v) is 18.9. The van der Waals surface area contributed by atoms with Gasteiger partial charge in [0.25, 0.3) is 5.91 Å². The van der Waals surface area contributed by atoms with Crippen molar-refractivity contribution in [3.63, 3.8) is 0 Å². The average molecular weight is 445 g/mol. The van der Waals surface area contributed by atoms with Crippen molar-refractivity contribution in [2.75, 3.05) is 6.54 Å². The third-order valence-corrected chi connectivity index (χ3v) is 5.17. The molecule has 1 amide bonds. The molecule has 170 valence electrons. The van der Waals surface area contributed by atoms with Gasteiger partial charge >= 0.3 is 5.97 Å². The number of nitrogens with one attached hydrogen (secondary N) is 1. The van der Waals surface area contributed by atoms with E-state index in [1.54, 1.807) is 12.1 Å². The normalized spacial score (nSPS) is 11.0. The number of hydrogen-bond acceptors (Lipinski definition) is 3. The van der Waals surface area contributed by atoms with Gasteiger partial charge in [-0.1, -0.05) is 61.4 Å². The van der Waals surface area contributed by atoms with E-state index in [0.29, 0.717) is 23.2 Å². The number of nitrogens with zero attached hydrogens (tertiary/aromatic N) is 1. The van der Waals surface area contributed by atoms with E-state index in [1.165, 1.54) is 0 Å². The van der Waals surface area contributed by atoms with Crippen molar-refractivity contribution >= 4 is 23.7 Å². The molecule has 2 N–H and O–H groups in total. The highest BCUT2D eigenvalue weighted by Gasteiger charge is 2.11. The number of aromatic nitrogens is 1. The Morgan fingerprint density at radius 2 is 1.76 bits per heavy atom. The van der Waals surface area contributed by atoms with Crippen molar-refractivity contribution in [3.05, 3.63) is 100 Å². The molecule has 0 saturated carbocycles. The standard InChI is InChI=1S/C27H28N2O4/c1-3-5-20-14-21(16-24(15-20)27(33)28-17-25(30)31)6-4-12-29-13-11-23(18-29)26(32)22-9-7-19(2)8-10-22/h4,6-11,13-16,18H,3,5,12,17H2,1-2H3,(H,28,33)(H,30,31)/b6-4+. The summed E-state index contributed by atoms with van der Waals surface area (Å²) in [4.78, 5) is 35.7. The van der Waals surface area contributed by atoms with Crippen LogP contribution in [-0.2, 0) is 17.8 Å². The monoisotopic (exact) mass is 444 g/mol. The maximum atomic E-state index is 12.7. The lowest BCUT2D eigenvalue weighted by Crippen LogP contribution is -2.29. The number of carboxylic acid groups (broad SMARTS) is 1. The van der Waals surface area contributed by atoms with Crippen LogP contribution >= 0.6 is 0 Å². The minimum Gasteiger partial charge on any atom is -0.480 e. The molecule has 0 unspecified atom stereocenters. The molecular formula is C27H28N2O4. The quantitative estimate of drug-likeness (QED) is 0.451. The number of aryl methyl sites for hydroxylation is 2. The number of hydrogen-bond donors (Lipinski definition) is 2. The molecule has 0 fully saturated rings. The van der Waals surface area contributed by atoms with Crippen molar-refractivity contribution in [1.82, 2.24) is 9.88 Å². The number of carboxylic acids is 1. The van der Waals surface area contributed by atoms with E-state index in [2.05, 4.69) is 12.2 Å². The molecule has 2 aromatic carbocycles. The van der Waals surface area contributed by atoms with Crippen LogP contribution in [0.2, 0.25) is 0 Å². The Morgan fingerprint density at radius 3 is 2.45 bits per heavy atom. The fourth-order valence-electron chi connectivity index (χ4n) is 3.51. The van der Waals surface area contributed by atoms with Gasteiger partial charge in [-0.25, -0.2) is 0 Å². The molecule has 6 nitrogen and oxygen atoms in total. The van der Waals surface area contributed by atoms with E-state index in [0.717, 1.165) is 29.5 Å². The maximum Gasteiger partial charge on any atom is 0.322 e. The number of rotatable bonds is 10. The molecule has 6 heteroatoms. The first-order valence-electron chi connectivity index (χ1n) is 10.9. The summed E-state index contributed by atoms with van der Waals surface area (Å²) in [7, 11) is 0.